The highest BCUT2D eigenvalue weighted by molar-refractivity contribution is 9.10. The van der Waals surface area contributed by atoms with Crippen molar-refractivity contribution in [1.82, 2.24) is 4.90 Å². The van der Waals surface area contributed by atoms with Crippen LogP contribution in [0.5, 0.6) is 11.5 Å². The van der Waals surface area contributed by atoms with Crippen molar-refractivity contribution in [3.63, 3.8) is 0 Å². The summed E-state index contributed by atoms with van der Waals surface area (Å²) in [6.45, 7) is 4.57. The smallest absolute Gasteiger partial charge is 0.341 e. The Labute approximate surface area is 205 Å². The van der Waals surface area contributed by atoms with E-state index in [0.29, 0.717) is 28.5 Å². The molecule has 2 aromatic carbocycles. The molecule has 1 aromatic heterocycles. The second-order valence-corrected chi connectivity index (χ2v) is 9.65. The number of carbonyl (C=O) groups excluding carboxylic acids is 1. The number of esters is 1. The standard InChI is InChI=1S/C25H25BrN2O4S/c1-3-32-25(30)22-19-9-10-28(14-16-7-5-4-6-8-16)15-21(19)33-24(22)27-13-17-11-18(26)12-20(31-2)23(17)29/h4-8,11-13,29H,3,9-10,14-15H2,1-2H3. The number of aromatic hydroxyl groups is 1. The molecule has 1 aliphatic rings. The molecule has 0 radical (unpaired) electrons. The molecule has 2 heterocycles. The molecule has 0 amide bonds. The highest BCUT2D eigenvalue weighted by Crippen LogP contribution is 2.40. The Morgan fingerprint density at radius 2 is 2.09 bits per heavy atom. The summed E-state index contributed by atoms with van der Waals surface area (Å²) < 4.78 is 11.3. The molecule has 0 spiro atoms. The van der Waals surface area contributed by atoms with Crippen LogP contribution in [-0.4, -0.2) is 42.5 Å². The highest BCUT2D eigenvalue weighted by atomic mass is 79.9. The number of benzene rings is 2. The molecular formula is C25H25BrN2O4S. The van der Waals surface area contributed by atoms with Gasteiger partial charge in [-0.25, -0.2) is 9.79 Å². The molecule has 0 bridgehead atoms. The summed E-state index contributed by atoms with van der Waals surface area (Å²) in [7, 11) is 1.50. The number of rotatable bonds is 7. The number of hydrogen-bond donors (Lipinski definition) is 1. The van der Waals surface area contributed by atoms with Crippen molar-refractivity contribution >= 4 is 44.5 Å². The molecule has 4 rings (SSSR count). The third-order valence-electron chi connectivity index (χ3n) is 5.46. The van der Waals surface area contributed by atoms with Gasteiger partial charge in [-0.1, -0.05) is 46.3 Å². The summed E-state index contributed by atoms with van der Waals surface area (Å²) in [5, 5.41) is 11.1. The number of aliphatic imine (C=N–C) groups is 1. The molecule has 172 valence electrons. The lowest BCUT2D eigenvalue weighted by atomic mass is 10.0. The predicted octanol–water partition coefficient (Wildman–Crippen LogP) is 5.71. The van der Waals surface area contributed by atoms with Gasteiger partial charge in [0.2, 0.25) is 0 Å². The van der Waals surface area contributed by atoms with Crippen LogP contribution < -0.4 is 4.74 Å². The van der Waals surface area contributed by atoms with Gasteiger partial charge in [0.1, 0.15) is 5.00 Å². The van der Waals surface area contributed by atoms with E-state index in [-0.39, 0.29) is 11.7 Å². The highest BCUT2D eigenvalue weighted by Gasteiger charge is 2.28. The first-order valence-corrected chi connectivity index (χ1v) is 12.3. The van der Waals surface area contributed by atoms with E-state index in [9.17, 15) is 9.90 Å². The second kappa shape index (κ2) is 10.5. The monoisotopic (exact) mass is 528 g/mol. The van der Waals surface area contributed by atoms with E-state index < -0.39 is 0 Å². The fraction of sp³-hybridized carbons (Fsp3) is 0.280. The third-order valence-corrected chi connectivity index (χ3v) is 7.04. The van der Waals surface area contributed by atoms with Gasteiger partial charge in [0.15, 0.2) is 11.5 Å². The Kier molecular flexibility index (Phi) is 7.47. The summed E-state index contributed by atoms with van der Waals surface area (Å²) in [5.74, 6) is -0.00864. The van der Waals surface area contributed by atoms with Crippen molar-refractivity contribution in [1.29, 1.82) is 0 Å². The number of hydrogen-bond acceptors (Lipinski definition) is 7. The molecule has 8 heteroatoms. The number of phenolic OH excluding ortho intramolecular Hbond substituents is 1. The molecule has 3 aromatic rings. The first-order chi connectivity index (χ1) is 16.0. The van der Waals surface area contributed by atoms with E-state index in [1.165, 1.54) is 24.0 Å². The Hall–Kier alpha value is -2.68. The van der Waals surface area contributed by atoms with Crippen molar-refractivity contribution in [3.05, 3.63) is 74.1 Å². The fourth-order valence-corrected chi connectivity index (χ4v) is 5.58. The number of methoxy groups -OCH3 is 1. The van der Waals surface area contributed by atoms with Crippen molar-refractivity contribution in [3.8, 4) is 11.5 Å². The van der Waals surface area contributed by atoms with Gasteiger partial charge in [-0.15, -0.1) is 11.3 Å². The fourth-order valence-electron chi connectivity index (χ4n) is 3.90. The van der Waals surface area contributed by atoms with Gasteiger partial charge in [-0.05, 0) is 36.6 Å². The molecule has 0 unspecified atom stereocenters. The van der Waals surface area contributed by atoms with Gasteiger partial charge in [0, 0.05) is 40.8 Å². The lowest BCUT2D eigenvalue weighted by Gasteiger charge is -2.27. The number of halogens is 1. The lowest BCUT2D eigenvalue weighted by molar-refractivity contribution is 0.0526. The number of ether oxygens (including phenoxy) is 2. The molecule has 0 fully saturated rings. The number of phenols is 1. The van der Waals surface area contributed by atoms with E-state index in [1.807, 2.05) is 18.2 Å². The average Bonchev–Trinajstić information content (AvgIpc) is 3.18. The quantitative estimate of drug-likeness (QED) is 0.314. The first kappa shape index (κ1) is 23.5. The normalized spacial score (nSPS) is 13.8. The van der Waals surface area contributed by atoms with Crippen LogP contribution in [0.3, 0.4) is 0 Å². The summed E-state index contributed by atoms with van der Waals surface area (Å²) in [5.41, 5.74) is 3.31. The van der Waals surface area contributed by atoms with E-state index in [1.54, 1.807) is 25.3 Å². The van der Waals surface area contributed by atoms with Crippen molar-refractivity contribution in [2.45, 2.75) is 26.4 Å². The summed E-state index contributed by atoms with van der Waals surface area (Å²) in [4.78, 5) is 20.9. The van der Waals surface area contributed by atoms with E-state index >= 15 is 0 Å². The van der Waals surface area contributed by atoms with Crippen LogP contribution in [0.15, 0.2) is 51.9 Å². The molecule has 6 nitrogen and oxygen atoms in total. The second-order valence-electron chi connectivity index (χ2n) is 7.65. The molecule has 1 N–H and O–H groups in total. The van der Waals surface area contributed by atoms with E-state index in [2.05, 4.69) is 38.0 Å². The zero-order valence-corrected chi connectivity index (χ0v) is 20.9. The maximum atomic E-state index is 12.8. The van der Waals surface area contributed by atoms with Crippen LogP contribution in [0.2, 0.25) is 0 Å². The Balaban J connectivity index is 1.66. The van der Waals surface area contributed by atoms with Gasteiger partial charge in [0.25, 0.3) is 0 Å². The van der Waals surface area contributed by atoms with Gasteiger partial charge in [0.05, 0.1) is 19.3 Å². The van der Waals surface area contributed by atoms with Crippen LogP contribution in [0.25, 0.3) is 0 Å². The number of thiophene rings is 1. The molecule has 0 saturated heterocycles. The summed E-state index contributed by atoms with van der Waals surface area (Å²) in [6, 6.07) is 13.8. The summed E-state index contributed by atoms with van der Waals surface area (Å²) >= 11 is 4.93. The van der Waals surface area contributed by atoms with Crippen LogP contribution in [0.4, 0.5) is 5.00 Å². The van der Waals surface area contributed by atoms with Crippen LogP contribution in [0, 0.1) is 0 Å². The molecule has 1 aliphatic heterocycles. The Morgan fingerprint density at radius 1 is 1.30 bits per heavy atom. The maximum Gasteiger partial charge on any atom is 0.341 e. The van der Waals surface area contributed by atoms with Gasteiger partial charge in [-0.2, -0.15) is 0 Å². The number of nitrogens with zero attached hydrogens (tertiary/aromatic N) is 2. The van der Waals surface area contributed by atoms with Crippen LogP contribution in [0.1, 0.15) is 38.8 Å². The minimum atomic E-state index is -0.352. The van der Waals surface area contributed by atoms with Gasteiger partial charge >= 0.3 is 5.97 Å². The Morgan fingerprint density at radius 3 is 2.82 bits per heavy atom. The Bertz CT molecular complexity index is 1180. The van der Waals surface area contributed by atoms with Crippen molar-refractivity contribution in [2.75, 3.05) is 20.3 Å². The first-order valence-electron chi connectivity index (χ1n) is 10.7. The zero-order chi connectivity index (χ0) is 23.4. The molecule has 0 saturated carbocycles. The summed E-state index contributed by atoms with van der Waals surface area (Å²) in [6.07, 6.45) is 2.32. The molecule has 0 atom stereocenters. The van der Waals surface area contributed by atoms with Crippen molar-refractivity contribution < 1.29 is 19.4 Å². The van der Waals surface area contributed by atoms with Crippen molar-refractivity contribution in [2.24, 2.45) is 4.99 Å². The van der Waals surface area contributed by atoms with E-state index in [4.69, 9.17) is 9.47 Å². The minimum Gasteiger partial charge on any atom is -0.504 e. The van der Waals surface area contributed by atoms with Gasteiger partial charge in [-0.3, -0.25) is 4.90 Å². The predicted molar refractivity (Wildman–Crippen MR) is 134 cm³/mol. The van der Waals surface area contributed by atoms with Crippen LogP contribution >= 0.6 is 27.3 Å². The average molecular weight is 529 g/mol. The zero-order valence-electron chi connectivity index (χ0n) is 18.5. The largest absolute Gasteiger partial charge is 0.504 e. The molecule has 33 heavy (non-hydrogen) atoms. The maximum absolute atomic E-state index is 12.8. The lowest BCUT2D eigenvalue weighted by Crippen LogP contribution is -2.29. The number of carbonyl (C=O) groups is 1. The van der Waals surface area contributed by atoms with E-state index in [0.717, 1.165) is 41.0 Å². The van der Waals surface area contributed by atoms with Crippen LogP contribution in [-0.2, 0) is 24.2 Å². The van der Waals surface area contributed by atoms with Gasteiger partial charge < -0.3 is 14.6 Å². The molecular weight excluding hydrogens is 504 g/mol. The molecule has 0 aliphatic carbocycles. The SMILES string of the molecule is CCOC(=O)c1c(N=Cc2cc(Br)cc(OC)c2O)sc2c1CCN(Cc1ccccc1)C2. The minimum absolute atomic E-state index is 0.00232. The topological polar surface area (TPSA) is 71.4 Å². The third kappa shape index (κ3) is 5.29. The number of fused-ring (bicyclic) bond motifs is 1.